The molecule has 3 aromatic carbocycles. The van der Waals surface area contributed by atoms with Crippen LogP contribution < -0.4 is 15.0 Å². The molecule has 2 amide bonds. The standard InChI is InChI=1S/C24H16BrFN2O3S/c25-20-13-15(9-10-21(20)31-14-16-5-4-6-17(26)11-16)12-19-22(29)27-24(32)28(23(19)30)18-7-2-1-3-8-18/h1-13H,14H2,(H,27,29,32)/b19-12-. The number of benzene rings is 3. The molecule has 0 bridgehead atoms. The van der Waals surface area contributed by atoms with Crippen LogP contribution in [0, 0.1) is 5.82 Å². The van der Waals surface area contributed by atoms with E-state index in [9.17, 15) is 14.0 Å². The topological polar surface area (TPSA) is 58.6 Å². The minimum atomic E-state index is -0.560. The van der Waals surface area contributed by atoms with Gasteiger partial charge in [-0.1, -0.05) is 36.4 Å². The molecule has 160 valence electrons. The molecule has 0 aromatic heterocycles. The van der Waals surface area contributed by atoms with Crippen LogP contribution in [0.5, 0.6) is 5.75 Å². The second kappa shape index (κ2) is 9.42. The number of rotatable bonds is 5. The van der Waals surface area contributed by atoms with Gasteiger partial charge in [-0.2, -0.15) is 0 Å². The van der Waals surface area contributed by atoms with Crippen LogP contribution in [-0.4, -0.2) is 16.9 Å². The Balaban J connectivity index is 1.56. The Labute approximate surface area is 197 Å². The Morgan fingerprint density at radius 3 is 2.53 bits per heavy atom. The molecule has 4 rings (SSSR count). The average Bonchev–Trinajstić information content (AvgIpc) is 2.77. The molecule has 0 spiro atoms. The fourth-order valence-electron chi connectivity index (χ4n) is 3.15. The highest BCUT2D eigenvalue weighted by Gasteiger charge is 2.34. The van der Waals surface area contributed by atoms with E-state index in [-0.39, 0.29) is 23.1 Å². The average molecular weight is 511 g/mol. The first kappa shape index (κ1) is 21.9. The predicted molar refractivity (Wildman–Crippen MR) is 128 cm³/mol. The number of hydrogen-bond acceptors (Lipinski definition) is 4. The third-order valence-corrected chi connectivity index (χ3v) is 5.57. The number of carbonyl (C=O) groups is 2. The van der Waals surface area contributed by atoms with E-state index in [1.807, 2.05) is 6.07 Å². The maximum absolute atomic E-state index is 13.3. The quantitative estimate of drug-likeness (QED) is 0.298. The van der Waals surface area contributed by atoms with Gasteiger partial charge < -0.3 is 4.74 Å². The zero-order valence-electron chi connectivity index (χ0n) is 16.5. The van der Waals surface area contributed by atoms with Gasteiger partial charge in [0.1, 0.15) is 23.7 Å². The maximum Gasteiger partial charge on any atom is 0.270 e. The number of halogens is 2. The monoisotopic (exact) mass is 510 g/mol. The first-order valence-electron chi connectivity index (χ1n) is 9.55. The Hall–Kier alpha value is -3.36. The van der Waals surface area contributed by atoms with Gasteiger partial charge in [0.15, 0.2) is 5.11 Å². The molecular weight excluding hydrogens is 495 g/mol. The first-order chi connectivity index (χ1) is 15.4. The summed E-state index contributed by atoms with van der Waals surface area (Å²) >= 11 is 8.64. The fraction of sp³-hybridized carbons (Fsp3) is 0.0417. The van der Waals surface area contributed by atoms with Gasteiger partial charge in [0.25, 0.3) is 11.8 Å². The molecule has 8 heteroatoms. The van der Waals surface area contributed by atoms with Gasteiger partial charge in [-0.3, -0.25) is 19.8 Å². The van der Waals surface area contributed by atoms with Gasteiger partial charge in [0.05, 0.1) is 10.2 Å². The Morgan fingerprint density at radius 1 is 1.03 bits per heavy atom. The maximum atomic E-state index is 13.3. The van der Waals surface area contributed by atoms with Crippen molar-refractivity contribution >= 4 is 56.8 Å². The van der Waals surface area contributed by atoms with Crippen molar-refractivity contribution in [2.75, 3.05) is 4.90 Å². The van der Waals surface area contributed by atoms with E-state index >= 15 is 0 Å². The summed E-state index contributed by atoms with van der Waals surface area (Å²) in [5, 5.41) is 2.59. The van der Waals surface area contributed by atoms with Crippen LogP contribution in [0.15, 0.2) is 82.8 Å². The van der Waals surface area contributed by atoms with Crippen molar-refractivity contribution in [1.82, 2.24) is 5.32 Å². The van der Waals surface area contributed by atoms with Crippen LogP contribution in [0.25, 0.3) is 6.08 Å². The predicted octanol–water partition coefficient (Wildman–Crippen LogP) is 5.00. The van der Waals surface area contributed by atoms with Crippen molar-refractivity contribution in [3.8, 4) is 5.75 Å². The van der Waals surface area contributed by atoms with E-state index in [1.54, 1.807) is 54.6 Å². The number of anilines is 1. The highest BCUT2D eigenvalue weighted by Crippen LogP contribution is 2.29. The van der Waals surface area contributed by atoms with Gasteiger partial charge in [0, 0.05) is 0 Å². The van der Waals surface area contributed by atoms with Crippen molar-refractivity contribution < 1.29 is 18.7 Å². The van der Waals surface area contributed by atoms with E-state index in [4.69, 9.17) is 17.0 Å². The number of para-hydroxylation sites is 1. The Morgan fingerprint density at radius 2 is 1.81 bits per heavy atom. The van der Waals surface area contributed by atoms with Crippen LogP contribution in [0.1, 0.15) is 11.1 Å². The molecular formula is C24H16BrFN2O3S. The lowest BCUT2D eigenvalue weighted by molar-refractivity contribution is -0.122. The van der Waals surface area contributed by atoms with Crippen LogP contribution in [-0.2, 0) is 16.2 Å². The third-order valence-electron chi connectivity index (χ3n) is 4.67. The summed E-state index contributed by atoms with van der Waals surface area (Å²) in [7, 11) is 0. The third kappa shape index (κ3) is 4.76. The molecule has 3 aromatic rings. The summed E-state index contributed by atoms with van der Waals surface area (Å²) in [5.74, 6) is -0.850. The van der Waals surface area contributed by atoms with Crippen molar-refractivity contribution in [3.63, 3.8) is 0 Å². The van der Waals surface area contributed by atoms with Gasteiger partial charge in [-0.15, -0.1) is 0 Å². The smallest absolute Gasteiger partial charge is 0.270 e. The lowest BCUT2D eigenvalue weighted by Crippen LogP contribution is -2.54. The number of nitrogens with one attached hydrogen (secondary N) is 1. The minimum Gasteiger partial charge on any atom is -0.488 e. The minimum absolute atomic E-state index is 0.0330. The SMILES string of the molecule is O=C1NC(=S)N(c2ccccc2)C(=O)/C1=C\c1ccc(OCc2cccc(F)c2)c(Br)c1. The van der Waals surface area contributed by atoms with Crippen molar-refractivity contribution in [3.05, 3.63) is 99.8 Å². The summed E-state index contributed by atoms with van der Waals surface area (Å²) in [6, 6.07) is 20.2. The Bertz CT molecular complexity index is 1250. The highest BCUT2D eigenvalue weighted by molar-refractivity contribution is 9.10. The molecule has 0 unspecified atom stereocenters. The molecule has 32 heavy (non-hydrogen) atoms. The van der Waals surface area contributed by atoms with Crippen LogP contribution in [0.2, 0.25) is 0 Å². The lowest BCUT2D eigenvalue weighted by atomic mass is 10.1. The fourth-order valence-corrected chi connectivity index (χ4v) is 3.94. The number of nitrogens with zero attached hydrogens (tertiary/aromatic N) is 1. The molecule has 0 saturated carbocycles. The number of carbonyl (C=O) groups excluding carboxylic acids is 2. The van der Waals surface area contributed by atoms with Crippen LogP contribution in [0.3, 0.4) is 0 Å². The molecule has 0 radical (unpaired) electrons. The largest absolute Gasteiger partial charge is 0.488 e. The second-order valence-electron chi connectivity index (χ2n) is 6.90. The van der Waals surface area contributed by atoms with Gasteiger partial charge >= 0.3 is 0 Å². The van der Waals surface area contributed by atoms with Gasteiger partial charge in [0.2, 0.25) is 0 Å². The van der Waals surface area contributed by atoms with Crippen molar-refractivity contribution in [2.24, 2.45) is 0 Å². The highest BCUT2D eigenvalue weighted by atomic mass is 79.9. The zero-order valence-corrected chi connectivity index (χ0v) is 19.0. The first-order valence-corrected chi connectivity index (χ1v) is 10.8. The molecule has 1 fully saturated rings. The molecule has 1 N–H and O–H groups in total. The molecule has 1 aliphatic heterocycles. The number of hydrogen-bond donors (Lipinski definition) is 1. The van der Waals surface area contributed by atoms with Crippen LogP contribution in [0.4, 0.5) is 10.1 Å². The molecule has 0 aliphatic carbocycles. The zero-order chi connectivity index (χ0) is 22.7. The summed E-state index contributed by atoms with van der Waals surface area (Å²) in [6.07, 6.45) is 1.50. The number of ether oxygens (including phenoxy) is 1. The van der Waals surface area contributed by atoms with E-state index in [0.29, 0.717) is 27.0 Å². The molecule has 1 aliphatic rings. The molecule has 1 heterocycles. The van der Waals surface area contributed by atoms with Crippen molar-refractivity contribution in [2.45, 2.75) is 6.61 Å². The second-order valence-corrected chi connectivity index (χ2v) is 8.14. The molecule has 1 saturated heterocycles. The van der Waals surface area contributed by atoms with E-state index in [0.717, 1.165) is 0 Å². The van der Waals surface area contributed by atoms with Crippen molar-refractivity contribution in [1.29, 1.82) is 0 Å². The Kier molecular flexibility index (Phi) is 6.43. The normalized spacial score (nSPS) is 15.1. The van der Waals surface area contributed by atoms with Gasteiger partial charge in [-0.25, -0.2) is 4.39 Å². The summed E-state index contributed by atoms with van der Waals surface area (Å²) in [4.78, 5) is 26.8. The molecule has 5 nitrogen and oxygen atoms in total. The molecule has 0 atom stereocenters. The lowest BCUT2D eigenvalue weighted by Gasteiger charge is -2.28. The van der Waals surface area contributed by atoms with E-state index in [1.165, 1.54) is 23.1 Å². The number of thiocarbonyl (C=S) groups is 1. The van der Waals surface area contributed by atoms with Gasteiger partial charge in [-0.05, 0) is 81.7 Å². The van der Waals surface area contributed by atoms with E-state index in [2.05, 4.69) is 21.2 Å². The van der Waals surface area contributed by atoms with E-state index < -0.39 is 11.8 Å². The summed E-state index contributed by atoms with van der Waals surface area (Å²) < 4.78 is 19.7. The number of amides is 2. The van der Waals surface area contributed by atoms with Crippen LogP contribution >= 0.6 is 28.1 Å². The summed E-state index contributed by atoms with van der Waals surface area (Å²) in [6.45, 7) is 0.196. The summed E-state index contributed by atoms with van der Waals surface area (Å²) in [5.41, 5.74) is 1.84.